The minimum atomic E-state index is -0.388. The van der Waals surface area contributed by atoms with E-state index in [-0.39, 0.29) is 16.7 Å². The number of aryl methyl sites for hydroxylation is 1. The fourth-order valence-corrected chi connectivity index (χ4v) is 3.86. The smallest absolute Gasteiger partial charge is 0.262 e. The summed E-state index contributed by atoms with van der Waals surface area (Å²) in [6, 6.07) is 15.1. The molecule has 0 aliphatic rings. The molecule has 5 nitrogen and oxygen atoms in total. The lowest BCUT2D eigenvalue weighted by Gasteiger charge is -2.16. The molecule has 0 aliphatic heterocycles. The summed E-state index contributed by atoms with van der Waals surface area (Å²) in [6.07, 6.45) is 1.87. The number of hydrogen-bond donors (Lipinski definition) is 1. The molecule has 0 fully saturated rings. The van der Waals surface area contributed by atoms with Crippen molar-refractivity contribution in [2.24, 2.45) is 0 Å². The molecule has 1 aromatic heterocycles. The van der Waals surface area contributed by atoms with Gasteiger partial charge in [-0.05, 0) is 50.1 Å². The van der Waals surface area contributed by atoms with Crippen molar-refractivity contribution in [3.8, 4) is 0 Å². The molecule has 28 heavy (non-hydrogen) atoms. The molecule has 2 aromatic carbocycles. The monoisotopic (exact) mass is 395 g/mol. The van der Waals surface area contributed by atoms with Gasteiger partial charge in [-0.15, -0.1) is 0 Å². The van der Waals surface area contributed by atoms with Gasteiger partial charge >= 0.3 is 0 Å². The lowest BCUT2D eigenvalue weighted by molar-refractivity contribution is -0.115. The first-order valence-corrected chi connectivity index (χ1v) is 10.4. The predicted octanol–water partition coefficient (Wildman–Crippen LogP) is 4.62. The van der Waals surface area contributed by atoms with Gasteiger partial charge in [0.05, 0.1) is 16.2 Å². The highest BCUT2D eigenvalue weighted by Gasteiger charge is 2.19. The quantitative estimate of drug-likeness (QED) is 0.468. The van der Waals surface area contributed by atoms with Crippen LogP contribution in [-0.2, 0) is 11.3 Å². The predicted molar refractivity (Wildman–Crippen MR) is 116 cm³/mol. The van der Waals surface area contributed by atoms with Crippen LogP contribution in [0.2, 0.25) is 0 Å². The summed E-state index contributed by atoms with van der Waals surface area (Å²) in [5.74, 6) is -0.111. The average molecular weight is 396 g/mol. The standard InChI is InChI=1S/C22H25N3O2S/c1-4-5-13-25-21(27)18-11-6-7-12-19(18)24-22(25)28-16(3)20(26)23-17-10-8-9-15(2)14-17/h6-12,14,16H,4-5,13H2,1-3H3,(H,23,26). The maximum absolute atomic E-state index is 12.9. The first-order chi connectivity index (χ1) is 13.5. The normalized spacial score (nSPS) is 12.1. The number of carbonyl (C=O) groups is 1. The van der Waals surface area contributed by atoms with Gasteiger partial charge in [-0.2, -0.15) is 0 Å². The van der Waals surface area contributed by atoms with Crippen LogP contribution in [0.15, 0.2) is 58.5 Å². The van der Waals surface area contributed by atoms with E-state index in [1.807, 2.05) is 56.3 Å². The van der Waals surface area contributed by atoms with Crippen molar-refractivity contribution >= 4 is 34.3 Å². The Bertz CT molecular complexity index is 1050. The van der Waals surface area contributed by atoms with Crippen LogP contribution in [0.3, 0.4) is 0 Å². The van der Waals surface area contributed by atoms with Crippen LogP contribution >= 0.6 is 11.8 Å². The zero-order valence-electron chi connectivity index (χ0n) is 16.4. The van der Waals surface area contributed by atoms with Gasteiger partial charge in [0.2, 0.25) is 5.91 Å². The molecular weight excluding hydrogens is 370 g/mol. The minimum absolute atomic E-state index is 0.0483. The molecule has 6 heteroatoms. The van der Waals surface area contributed by atoms with E-state index in [2.05, 4.69) is 17.2 Å². The van der Waals surface area contributed by atoms with E-state index in [9.17, 15) is 9.59 Å². The number of nitrogens with one attached hydrogen (secondary N) is 1. The molecule has 1 atom stereocenters. The first-order valence-electron chi connectivity index (χ1n) is 9.53. The number of aromatic nitrogens is 2. The third-order valence-electron chi connectivity index (χ3n) is 4.50. The van der Waals surface area contributed by atoms with Crippen LogP contribution in [0, 0.1) is 6.92 Å². The Morgan fingerprint density at radius 3 is 2.75 bits per heavy atom. The van der Waals surface area contributed by atoms with Crippen LogP contribution < -0.4 is 10.9 Å². The molecule has 0 saturated carbocycles. The Balaban J connectivity index is 1.87. The van der Waals surface area contributed by atoms with Crippen molar-refractivity contribution in [2.45, 2.75) is 50.6 Å². The van der Waals surface area contributed by atoms with Gasteiger partial charge in [-0.25, -0.2) is 4.98 Å². The summed E-state index contributed by atoms with van der Waals surface area (Å²) in [7, 11) is 0. The van der Waals surface area contributed by atoms with E-state index in [1.165, 1.54) is 11.8 Å². The van der Waals surface area contributed by atoms with E-state index in [4.69, 9.17) is 0 Å². The molecule has 146 valence electrons. The van der Waals surface area contributed by atoms with Crippen molar-refractivity contribution in [1.29, 1.82) is 0 Å². The molecule has 1 N–H and O–H groups in total. The Labute approximate surface area is 169 Å². The summed E-state index contributed by atoms with van der Waals surface area (Å²) < 4.78 is 1.70. The number of fused-ring (bicyclic) bond motifs is 1. The van der Waals surface area contributed by atoms with Crippen molar-refractivity contribution in [3.63, 3.8) is 0 Å². The molecule has 0 radical (unpaired) electrons. The summed E-state index contributed by atoms with van der Waals surface area (Å²) in [5, 5.41) is 3.75. The minimum Gasteiger partial charge on any atom is -0.325 e. The van der Waals surface area contributed by atoms with E-state index >= 15 is 0 Å². The number of nitrogens with zero attached hydrogens (tertiary/aromatic N) is 2. The molecule has 0 aliphatic carbocycles. The van der Waals surface area contributed by atoms with Crippen LogP contribution in [0.4, 0.5) is 5.69 Å². The summed E-state index contributed by atoms with van der Waals surface area (Å²) in [5.41, 5.74) is 2.47. The Morgan fingerprint density at radius 1 is 1.21 bits per heavy atom. The lowest BCUT2D eigenvalue weighted by atomic mass is 10.2. The van der Waals surface area contributed by atoms with Crippen LogP contribution in [0.5, 0.6) is 0 Å². The zero-order valence-corrected chi connectivity index (χ0v) is 17.3. The SMILES string of the molecule is CCCCn1c(SC(C)C(=O)Nc2cccc(C)c2)nc2ccccc2c1=O. The molecule has 0 bridgehead atoms. The topological polar surface area (TPSA) is 64.0 Å². The van der Waals surface area contributed by atoms with Crippen molar-refractivity contribution in [1.82, 2.24) is 9.55 Å². The average Bonchev–Trinajstić information content (AvgIpc) is 2.68. The van der Waals surface area contributed by atoms with Crippen LogP contribution in [-0.4, -0.2) is 20.7 Å². The Morgan fingerprint density at radius 2 is 2.00 bits per heavy atom. The number of thioether (sulfide) groups is 1. The molecule has 0 spiro atoms. The second kappa shape index (κ2) is 9.06. The number of para-hydroxylation sites is 1. The summed E-state index contributed by atoms with van der Waals surface area (Å²) in [6.45, 7) is 6.51. The highest BCUT2D eigenvalue weighted by Crippen LogP contribution is 2.24. The molecule has 3 aromatic rings. The summed E-state index contributed by atoms with van der Waals surface area (Å²) >= 11 is 1.32. The number of carbonyl (C=O) groups excluding carboxylic acids is 1. The van der Waals surface area contributed by atoms with Crippen molar-refractivity contribution in [2.75, 3.05) is 5.32 Å². The first kappa shape index (κ1) is 20.1. The van der Waals surface area contributed by atoms with Gasteiger partial charge in [-0.1, -0.05) is 49.4 Å². The molecular formula is C22H25N3O2S. The molecule has 1 heterocycles. The fourth-order valence-electron chi connectivity index (χ4n) is 2.93. The number of hydrogen-bond acceptors (Lipinski definition) is 4. The van der Waals surface area contributed by atoms with Crippen molar-refractivity contribution < 1.29 is 4.79 Å². The highest BCUT2D eigenvalue weighted by molar-refractivity contribution is 8.00. The Kier molecular flexibility index (Phi) is 6.52. The van der Waals surface area contributed by atoms with Gasteiger partial charge in [0, 0.05) is 12.2 Å². The number of unbranched alkanes of at least 4 members (excludes halogenated alkanes) is 1. The zero-order chi connectivity index (χ0) is 20.1. The van der Waals surface area contributed by atoms with Gasteiger partial charge in [0.15, 0.2) is 5.16 Å². The third-order valence-corrected chi connectivity index (χ3v) is 5.59. The van der Waals surface area contributed by atoms with Gasteiger partial charge in [0.25, 0.3) is 5.56 Å². The fraction of sp³-hybridized carbons (Fsp3) is 0.318. The van der Waals surface area contributed by atoms with E-state index < -0.39 is 0 Å². The van der Waals surface area contributed by atoms with E-state index in [0.717, 1.165) is 24.1 Å². The second-order valence-corrected chi connectivity index (χ2v) is 8.15. The lowest BCUT2D eigenvalue weighted by Crippen LogP contribution is -2.27. The maximum Gasteiger partial charge on any atom is 0.262 e. The number of rotatable bonds is 7. The number of anilines is 1. The van der Waals surface area contributed by atoms with Crippen LogP contribution in [0.1, 0.15) is 32.3 Å². The molecule has 1 unspecified atom stereocenters. The maximum atomic E-state index is 12.9. The molecule has 1 amide bonds. The van der Waals surface area contributed by atoms with Gasteiger partial charge in [-0.3, -0.25) is 14.2 Å². The van der Waals surface area contributed by atoms with Gasteiger partial charge in [0.1, 0.15) is 0 Å². The van der Waals surface area contributed by atoms with E-state index in [1.54, 1.807) is 10.6 Å². The molecule has 3 rings (SSSR count). The summed E-state index contributed by atoms with van der Waals surface area (Å²) in [4.78, 5) is 30.3. The highest BCUT2D eigenvalue weighted by atomic mass is 32.2. The van der Waals surface area contributed by atoms with E-state index in [0.29, 0.717) is 22.6 Å². The third kappa shape index (κ3) is 4.62. The number of benzene rings is 2. The number of amides is 1. The second-order valence-electron chi connectivity index (χ2n) is 6.84. The Hall–Kier alpha value is -2.60. The van der Waals surface area contributed by atoms with Crippen LogP contribution in [0.25, 0.3) is 10.9 Å². The molecule has 0 saturated heterocycles. The van der Waals surface area contributed by atoms with Crippen molar-refractivity contribution in [3.05, 3.63) is 64.4 Å². The van der Waals surface area contributed by atoms with Gasteiger partial charge < -0.3 is 5.32 Å². The largest absolute Gasteiger partial charge is 0.325 e.